The first-order valence-electron chi connectivity index (χ1n) is 10.6. The second-order valence-electron chi connectivity index (χ2n) is 8.23. The molecule has 3 heterocycles. The van der Waals surface area contributed by atoms with Crippen LogP contribution >= 0.6 is 0 Å². The van der Waals surface area contributed by atoms with Gasteiger partial charge in [-0.25, -0.2) is 0 Å². The van der Waals surface area contributed by atoms with Gasteiger partial charge in [0.2, 0.25) is 5.78 Å². The summed E-state index contributed by atoms with van der Waals surface area (Å²) in [6.07, 6.45) is -1.46. The molecule has 9 heteroatoms. The van der Waals surface area contributed by atoms with Gasteiger partial charge in [-0.3, -0.25) is 18.7 Å². The van der Waals surface area contributed by atoms with Crippen LogP contribution in [0.4, 0.5) is 13.2 Å². The molecule has 2 aromatic carbocycles. The molecule has 1 fully saturated rings. The van der Waals surface area contributed by atoms with E-state index in [0.29, 0.717) is 23.5 Å². The van der Waals surface area contributed by atoms with Gasteiger partial charge in [-0.2, -0.15) is 13.2 Å². The molecule has 6 nitrogen and oxygen atoms in total. The molecule has 1 aliphatic rings. The smallest absolute Gasteiger partial charge is 0.289 e. The number of hydrogen-bond donors (Lipinski definition) is 0. The minimum atomic E-state index is -4.35. The number of para-hydroxylation sites is 1. The van der Waals surface area contributed by atoms with Crippen molar-refractivity contribution in [3.63, 3.8) is 0 Å². The SMILES string of the molecule is Cn1c(=O)c2ccccc2n2c(CN3CCCCC3c3ccc(C(F)(F)F)cc3)nnc12. The van der Waals surface area contributed by atoms with Gasteiger partial charge in [0.25, 0.3) is 5.56 Å². The third kappa shape index (κ3) is 3.46. The largest absolute Gasteiger partial charge is 0.416 e. The monoisotopic (exact) mass is 441 g/mol. The molecule has 1 atom stereocenters. The van der Waals surface area contributed by atoms with Gasteiger partial charge < -0.3 is 0 Å². The Morgan fingerprint density at radius 2 is 1.78 bits per heavy atom. The van der Waals surface area contributed by atoms with E-state index in [4.69, 9.17) is 0 Å². The average molecular weight is 441 g/mol. The molecule has 1 unspecified atom stereocenters. The number of fused-ring (bicyclic) bond motifs is 3. The predicted octanol–water partition coefficient (Wildman–Crippen LogP) is 4.33. The van der Waals surface area contributed by atoms with Gasteiger partial charge in [0, 0.05) is 13.1 Å². The summed E-state index contributed by atoms with van der Waals surface area (Å²) in [5, 5.41) is 9.22. The van der Waals surface area contributed by atoms with Crippen LogP contribution in [0.5, 0.6) is 0 Å². The summed E-state index contributed by atoms with van der Waals surface area (Å²) < 4.78 is 42.3. The van der Waals surface area contributed by atoms with Gasteiger partial charge in [-0.1, -0.05) is 30.7 Å². The average Bonchev–Trinajstić information content (AvgIpc) is 3.21. The normalized spacial score (nSPS) is 17.9. The fourth-order valence-corrected chi connectivity index (χ4v) is 4.63. The van der Waals surface area contributed by atoms with Crippen molar-refractivity contribution in [2.24, 2.45) is 7.05 Å². The van der Waals surface area contributed by atoms with E-state index in [9.17, 15) is 18.0 Å². The summed E-state index contributed by atoms with van der Waals surface area (Å²) in [5.41, 5.74) is 0.838. The summed E-state index contributed by atoms with van der Waals surface area (Å²) in [6.45, 7) is 1.29. The Labute approximate surface area is 181 Å². The van der Waals surface area contributed by atoms with Crippen molar-refractivity contribution in [3.8, 4) is 0 Å². The van der Waals surface area contributed by atoms with Crippen LogP contribution in [0.15, 0.2) is 53.3 Å². The lowest BCUT2D eigenvalue weighted by Gasteiger charge is -2.35. The first-order chi connectivity index (χ1) is 15.3. The zero-order chi connectivity index (χ0) is 22.5. The van der Waals surface area contributed by atoms with Crippen LogP contribution in [0.2, 0.25) is 0 Å². The molecule has 0 spiro atoms. The zero-order valence-corrected chi connectivity index (χ0v) is 17.5. The second kappa shape index (κ2) is 7.74. The van der Waals surface area contributed by atoms with Crippen LogP contribution in [-0.4, -0.2) is 30.6 Å². The van der Waals surface area contributed by atoms with Gasteiger partial charge in [0.15, 0.2) is 5.82 Å². The molecule has 0 bridgehead atoms. The van der Waals surface area contributed by atoms with Gasteiger partial charge in [-0.15, -0.1) is 10.2 Å². The number of piperidine rings is 1. The highest BCUT2D eigenvalue weighted by atomic mass is 19.4. The number of rotatable bonds is 3. The Morgan fingerprint density at radius 3 is 2.53 bits per heavy atom. The van der Waals surface area contributed by atoms with E-state index < -0.39 is 11.7 Å². The van der Waals surface area contributed by atoms with Gasteiger partial charge in [-0.05, 0) is 49.2 Å². The van der Waals surface area contributed by atoms with E-state index in [1.807, 2.05) is 22.6 Å². The van der Waals surface area contributed by atoms with Crippen LogP contribution in [0, 0.1) is 0 Å². The van der Waals surface area contributed by atoms with E-state index in [2.05, 4.69) is 15.1 Å². The molecule has 0 aliphatic carbocycles. The summed E-state index contributed by atoms with van der Waals surface area (Å²) in [7, 11) is 1.68. The number of hydrogen-bond acceptors (Lipinski definition) is 4. The molecule has 32 heavy (non-hydrogen) atoms. The van der Waals surface area contributed by atoms with E-state index in [1.165, 1.54) is 4.57 Å². The number of alkyl halides is 3. The lowest BCUT2D eigenvalue weighted by Crippen LogP contribution is -2.33. The lowest BCUT2D eigenvalue weighted by atomic mass is 9.94. The van der Waals surface area contributed by atoms with Crippen LogP contribution in [-0.2, 0) is 19.8 Å². The van der Waals surface area contributed by atoms with Crippen molar-refractivity contribution in [3.05, 3.63) is 75.8 Å². The van der Waals surface area contributed by atoms with Crippen molar-refractivity contribution in [2.45, 2.75) is 38.0 Å². The van der Waals surface area contributed by atoms with Crippen molar-refractivity contribution < 1.29 is 13.2 Å². The Bertz CT molecular complexity index is 1340. The van der Waals surface area contributed by atoms with E-state index >= 15 is 0 Å². The zero-order valence-electron chi connectivity index (χ0n) is 17.5. The molecule has 0 saturated carbocycles. The summed E-state index contributed by atoms with van der Waals surface area (Å²) in [6, 6.07) is 12.8. The standard InChI is InChI=1S/C23H22F3N5O/c1-29-21(32)17-6-2-3-8-19(17)31-20(27-28-22(29)31)14-30-13-5-4-7-18(30)15-9-11-16(12-10-15)23(24,25)26/h2-3,6,8-12,18H,4-5,7,13-14H2,1H3. The topological polar surface area (TPSA) is 55.4 Å². The molecule has 0 radical (unpaired) electrons. The third-order valence-electron chi connectivity index (χ3n) is 6.27. The van der Waals surface area contributed by atoms with E-state index in [-0.39, 0.29) is 11.6 Å². The van der Waals surface area contributed by atoms with Crippen molar-refractivity contribution in [2.75, 3.05) is 6.54 Å². The number of aromatic nitrogens is 4. The Hall–Kier alpha value is -3.20. The number of nitrogens with zero attached hydrogens (tertiary/aromatic N) is 5. The first kappa shape index (κ1) is 20.7. The van der Waals surface area contributed by atoms with E-state index in [0.717, 1.165) is 49.0 Å². The van der Waals surface area contributed by atoms with Crippen molar-refractivity contribution in [1.29, 1.82) is 0 Å². The fourth-order valence-electron chi connectivity index (χ4n) is 4.63. The second-order valence-corrected chi connectivity index (χ2v) is 8.23. The lowest BCUT2D eigenvalue weighted by molar-refractivity contribution is -0.137. The highest BCUT2D eigenvalue weighted by Gasteiger charge is 2.31. The van der Waals surface area contributed by atoms with Gasteiger partial charge in [0.05, 0.1) is 23.0 Å². The molecule has 2 aromatic heterocycles. The molecule has 5 rings (SSSR count). The van der Waals surface area contributed by atoms with Crippen LogP contribution in [0.1, 0.15) is 42.3 Å². The predicted molar refractivity (Wildman–Crippen MR) is 114 cm³/mol. The number of benzene rings is 2. The highest BCUT2D eigenvalue weighted by molar-refractivity contribution is 5.80. The maximum absolute atomic E-state index is 13.0. The first-order valence-corrected chi connectivity index (χ1v) is 10.6. The summed E-state index contributed by atoms with van der Waals surface area (Å²) in [4.78, 5) is 14.9. The summed E-state index contributed by atoms with van der Waals surface area (Å²) >= 11 is 0. The Kier molecular flexibility index (Phi) is 5.00. The molecule has 4 aromatic rings. The Morgan fingerprint density at radius 1 is 1.03 bits per heavy atom. The summed E-state index contributed by atoms with van der Waals surface area (Å²) in [5.74, 6) is 1.16. The molecule has 166 valence electrons. The molecular formula is C23H22F3N5O. The molecule has 1 aliphatic heterocycles. The van der Waals surface area contributed by atoms with Crippen LogP contribution < -0.4 is 5.56 Å². The minimum absolute atomic E-state index is 0.00261. The fraction of sp³-hybridized carbons (Fsp3) is 0.348. The molecule has 1 saturated heterocycles. The Balaban J connectivity index is 1.53. The van der Waals surface area contributed by atoms with Crippen LogP contribution in [0.3, 0.4) is 0 Å². The maximum atomic E-state index is 13.0. The van der Waals surface area contributed by atoms with Crippen molar-refractivity contribution in [1.82, 2.24) is 24.1 Å². The van der Waals surface area contributed by atoms with Crippen molar-refractivity contribution >= 4 is 16.7 Å². The number of aryl methyl sites for hydroxylation is 1. The van der Waals surface area contributed by atoms with Gasteiger partial charge >= 0.3 is 6.18 Å². The van der Waals surface area contributed by atoms with Gasteiger partial charge in [0.1, 0.15) is 0 Å². The van der Waals surface area contributed by atoms with Crippen LogP contribution in [0.25, 0.3) is 16.7 Å². The number of halogens is 3. The third-order valence-corrected chi connectivity index (χ3v) is 6.27. The van der Waals surface area contributed by atoms with E-state index in [1.54, 1.807) is 25.2 Å². The quantitative estimate of drug-likeness (QED) is 0.475. The molecule has 0 N–H and O–H groups in total. The molecule has 0 amide bonds. The number of likely N-dealkylation sites (tertiary alicyclic amines) is 1. The maximum Gasteiger partial charge on any atom is 0.416 e. The molecular weight excluding hydrogens is 419 g/mol. The minimum Gasteiger partial charge on any atom is -0.289 e. The highest BCUT2D eigenvalue weighted by Crippen LogP contribution is 2.35.